The van der Waals surface area contributed by atoms with Crippen molar-refractivity contribution < 1.29 is 14.3 Å². The Morgan fingerprint density at radius 3 is 2.76 bits per heavy atom. The van der Waals surface area contributed by atoms with E-state index in [1.165, 1.54) is 6.07 Å². The maximum absolute atomic E-state index is 12.7. The highest BCUT2D eigenvalue weighted by molar-refractivity contribution is 5.73. The molecule has 1 aromatic rings. The molecule has 2 atom stereocenters. The smallest absolute Gasteiger partial charge is 0.320 e. The molecule has 0 aliphatic rings. The second-order valence-corrected chi connectivity index (χ2v) is 3.97. The number of hydrogen-bond donors (Lipinski definition) is 2. The second kappa shape index (κ2) is 6.30. The van der Waals surface area contributed by atoms with E-state index >= 15 is 0 Å². The Morgan fingerprint density at radius 2 is 2.29 bits per heavy atom. The number of aliphatic carboxylic acids is 1. The third-order valence-electron chi connectivity index (χ3n) is 2.52. The maximum atomic E-state index is 12.7. The van der Waals surface area contributed by atoms with Gasteiger partial charge < -0.3 is 5.11 Å². The first-order chi connectivity index (χ1) is 8.04. The number of carboxylic acids is 1. The van der Waals surface area contributed by atoms with Gasteiger partial charge in [0.25, 0.3) is 0 Å². The number of hydrogen-bond acceptors (Lipinski definition) is 3. The summed E-state index contributed by atoms with van der Waals surface area (Å²) in [5.41, 5.74) is 0.633. The van der Waals surface area contributed by atoms with Crippen LogP contribution in [-0.2, 0) is 4.79 Å². The summed E-state index contributed by atoms with van der Waals surface area (Å²) in [5, 5.41) is 12.0. The lowest BCUT2D eigenvalue weighted by atomic mass is 10.1. The predicted octanol–water partition coefficient (Wildman–Crippen LogP) is 2.12. The lowest BCUT2D eigenvalue weighted by Crippen LogP contribution is -2.38. The van der Waals surface area contributed by atoms with Crippen molar-refractivity contribution in [3.63, 3.8) is 0 Å². The van der Waals surface area contributed by atoms with Gasteiger partial charge >= 0.3 is 5.97 Å². The van der Waals surface area contributed by atoms with Gasteiger partial charge in [-0.25, -0.2) is 4.39 Å². The van der Waals surface area contributed by atoms with Crippen molar-refractivity contribution in [3.8, 4) is 0 Å². The molecule has 0 radical (unpaired) electrons. The topological polar surface area (TPSA) is 62.2 Å². The molecule has 0 bridgehead atoms. The lowest BCUT2D eigenvalue weighted by molar-refractivity contribution is -0.139. The van der Waals surface area contributed by atoms with Crippen molar-refractivity contribution in [1.82, 2.24) is 10.3 Å². The molecule has 17 heavy (non-hydrogen) atoms. The number of carboxylic acid groups (broad SMARTS) is 1. The standard InChI is InChI=1S/C12H17FN2O2/c1-3-4-11(12(16)17)15-8(2)10-6-5-9(13)7-14-10/h5-8,11,15H,3-4H2,1-2H3,(H,16,17). The zero-order valence-corrected chi connectivity index (χ0v) is 9.98. The van der Waals surface area contributed by atoms with Crippen LogP contribution < -0.4 is 5.32 Å². The van der Waals surface area contributed by atoms with Crippen molar-refractivity contribution >= 4 is 5.97 Å². The third kappa shape index (κ3) is 4.11. The van der Waals surface area contributed by atoms with E-state index < -0.39 is 17.8 Å². The molecule has 0 aromatic carbocycles. The molecule has 0 aliphatic carbocycles. The predicted molar refractivity (Wildman–Crippen MR) is 62.1 cm³/mol. The molecule has 0 spiro atoms. The van der Waals surface area contributed by atoms with E-state index in [1.807, 2.05) is 13.8 Å². The van der Waals surface area contributed by atoms with Gasteiger partial charge in [0.05, 0.1) is 11.9 Å². The molecule has 1 aromatic heterocycles. The summed E-state index contributed by atoms with van der Waals surface area (Å²) in [6, 6.07) is 2.05. The zero-order chi connectivity index (χ0) is 12.8. The van der Waals surface area contributed by atoms with Crippen LogP contribution in [-0.4, -0.2) is 22.1 Å². The van der Waals surface area contributed by atoms with Crippen LogP contribution in [0.2, 0.25) is 0 Å². The van der Waals surface area contributed by atoms with Gasteiger partial charge in [0, 0.05) is 6.04 Å². The van der Waals surface area contributed by atoms with Gasteiger partial charge in [-0.15, -0.1) is 0 Å². The quantitative estimate of drug-likeness (QED) is 0.799. The van der Waals surface area contributed by atoms with Gasteiger partial charge in [0.15, 0.2) is 0 Å². The van der Waals surface area contributed by atoms with Gasteiger partial charge in [-0.2, -0.15) is 0 Å². The van der Waals surface area contributed by atoms with E-state index in [2.05, 4.69) is 10.3 Å². The Labute approximate surface area is 99.9 Å². The second-order valence-electron chi connectivity index (χ2n) is 3.97. The highest BCUT2D eigenvalue weighted by Gasteiger charge is 2.19. The molecule has 1 heterocycles. The van der Waals surface area contributed by atoms with Crippen molar-refractivity contribution in [1.29, 1.82) is 0 Å². The minimum Gasteiger partial charge on any atom is -0.480 e. The van der Waals surface area contributed by atoms with E-state index in [4.69, 9.17) is 5.11 Å². The van der Waals surface area contributed by atoms with Crippen LogP contribution in [0.25, 0.3) is 0 Å². The SMILES string of the molecule is CCCC(NC(C)c1ccc(F)cn1)C(=O)O. The Hall–Kier alpha value is -1.49. The number of pyridine rings is 1. The van der Waals surface area contributed by atoms with Crippen LogP contribution >= 0.6 is 0 Å². The van der Waals surface area contributed by atoms with E-state index in [1.54, 1.807) is 6.07 Å². The molecule has 2 unspecified atom stereocenters. The summed E-state index contributed by atoms with van der Waals surface area (Å²) < 4.78 is 12.7. The molecule has 0 amide bonds. The molecule has 0 saturated heterocycles. The summed E-state index contributed by atoms with van der Waals surface area (Å²) in [7, 11) is 0. The summed E-state index contributed by atoms with van der Waals surface area (Å²) in [4.78, 5) is 14.9. The fourth-order valence-electron chi connectivity index (χ4n) is 1.60. The molecule has 5 heteroatoms. The Kier molecular flexibility index (Phi) is 5.03. The van der Waals surface area contributed by atoms with E-state index in [-0.39, 0.29) is 6.04 Å². The molecule has 94 valence electrons. The fraction of sp³-hybridized carbons (Fsp3) is 0.500. The summed E-state index contributed by atoms with van der Waals surface area (Å²) in [5.74, 6) is -1.27. The number of nitrogens with zero attached hydrogens (tertiary/aromatic N) is 1. The maximum Gasteiger partial charge on any atom is 0.320 e. The number of carbonyl (C=O) groups is 1. The Morgan fingerprint density at radius 1 is 1.59 bits per heavy atom. The summed E-state index contributed by atoms with van der Waals surface area (Å²) >= 11 is 0. The van der Waals surface area contributed by atoms with Crippen LogP contribution in [0.3, 0.4) is 0 Å². The van der Waals surface area contributed by atoms with Gasteiger partial charge in [0.1, 0.15) is 11.9 Å². The first-order valence-electron chi connectivity index (χ1n) is 5.65. The summed E-state index contributed by atoms with van der Waals surface area (Å²) in [6.45, 7) is 3.74. The zero-order valence-electron chi connectivity index (χ0n) is 9.98. The van der Waals surface area contributed by atoms with Crippen molar-refractivity contribution in [3.05, 3.63) is 29.8 Å². The average Bonchev–Trinajstić information content (AvgIpc) is 2.29. The van der Waals surface area contributed by atoms with Gasteiger partial charge in [-0.05, 0) is 25.5 Å². The van der Waals surface area contributed by atoms with Crippen molar-refractivity contribution in [2.75, 3.05) is 0 Å². The molecular formula is C12H17FN2O2. The van der Waals surface area contributed by atoms with Crippen LogP contribution in [0.1, 0.15) is 38.4 Å². The minimum absolute atomic E-state index is 0.219. The van der Waals surface area contributed by atoms with E-state index in [9.17, 15) is 9.18 Å². The van der Waals surface area contributed by atoms with Crippen LogP contribution in [0.5, 0.6) is 0 Å². The molecule has 1 rings (SSSR count). The normalized spacial score (nSPS) is 14.3. The van der Waals surface area contributed by atoms with E-state index in [0.29, 0.717) is 12.1 Å². The molecular weight excluding hydrogens is 223 g/mol. The van der Waals surface area contributed by atoms with Crippen LogP contribution in [0, 0.1) is 5.82 Å². The Bertz CT molecular complexity index is 367. The lowest BCUT2D eigenvalue weighted by Gasteiger charge is -2.19. The average molecular weight is 240 g/mol. The molecule has 0 saturated carbocycles. The monoisotopic (exact) mass is 240 g/mol. The van der Waals surface area contributed by atoms with Crippen molar-refractivity contribution in [2.24, 2.45) is 0 Å². The fourth-order valence-corrected chi connectivity index (χ4v) is 1.60. The third-order valence-corrected chi connectivity index (χ3v) is 2.52. The Balaban J connectivity index is 2.66. The number of aromatic nitrogens is 1. The number of halogens is 1. The van der Waals surface area contributed by atoms with Gasteiger partial charge in [0.2, 0.25) is 0 Å². The minimum atomic E-state index is -0.874. The van der Waals surface area contributed by atoms with Crippen LogP contribution in [0.4, 0.5) is 4.39 Å². The van der Waals surface area contributed by atoms with Crippen LogP contribution in [0.15, 0.2) is 18.3 Å². The number of rotatable bonds is 6. The molecule has 0 fully saturated rings. The van der Waals surface area contributed by atoms with E-state index in [0.717, 1.165) is 12.6 Å². The van der Waals surface area contributed by atoms with Gasteiger partial charge in [-0.1, -0.05) is 13.3 Å². The number of nitrogens with one attached hydrogen (secondary N) is 1. The molecule has 4 nitrogen and oxygen atoms in total. The summed E-state index contributed by atoms with van der Waals surface area (Å²) in [6.07, 6.45) is 2.47. The first kappa shape index (κ1) is 13.6. The first-order valence-corrected chi connectivity index (χ1v) is 5.65. The highest BCUT2D eigenvalue weighted by atomic mass is 19.1. The van der Waals surface area contributed by atoms with Crippen molar-refractivity contribution in [2.45, 2.75) is 38.8 Å². The van der Waals surface area contributed by atoms with Gasteiger partial charge in [-0.3, -0.25) is 15.1 Å². The molecule has 2 N–H and O–H groups in total. The highest BCUT2D eigenvalue weighted by Crippen LogP contribution is 2.12. The molecule has 0 aliphatic heterocycles. The largest absolute Gasteiger partial charge is 0.480 e.